The number of ether oxygens (including phenoxy) is 1. The van der Waals surface area contributed by atoms with E-state index < -0.39 is 0 Å². The van der Waals surface area contributed by atoms with Gasteiger partial charge in [0, 0.05) is 28.9 Å². The van der Waals surface area contributed by atoms with Crippen molar-refractivity contribution in [1.82, 2.24) is 15.4 Å². The van der Waals surface area contributed by atoms with Crippen LogP contribution in [0.5, 0.6) is 5.75 Å². The Morgan fingerprint density at radius 1 is 1.06 bits per heavy atom. The molecule has 2 aromatic carbocycles. The van der Waals surface area contributed by atoms with Crippen molar-refractivity contribution in [1.29, 1.82) is 0 Å². The van der Waals surface area contributed by atoms with Crippen molar-refractivity contribution < 1.29 is 9.53 Å². The van der Waals surface area contributed by atoms with E-state index in [4.69, 9.17) is 9.72 Å². The van der Waals surface area contributed by atoms with Gasteiger partial charge in [-0.25, -0.2) is 10.4 Å². The fourth-order valence-electron chi connectivity index (χ4n) is 3.24. The molecule has 1 N–H and O–H groups in total. The second kappa shape index (κ2) is 9.17. The van der Waals surface area contributed by atoms with Crippen LogP contribution in [0.2, 0.25) is 0 Å². The van der Waals surface area contributed by atoms with Crippen LogP contribution >= 0.6 is 0 Å². The summed E-state index contributed by atoms with van der Waals surface area (Å²) in [7, 11) is 0. The van der Waals surface area contributed by atoms with Gasteiger partial charge in [0.2, 0.25) is 0 Å². The van der Waals surface area contributed by atoms with Crippen molar-refractivity contribution >= 4 is 22.5 Å². The normalized spacial score (nSPS) is 11.4. The molecule has 0 unspecified atom stereocenters. The summed E-state index contributed by atoms with van der Waals surface area (Å²) in [6.07, 6.45) is 3.40. The van der Waals surface area contributed by atoms with Crippen LogP contribution in [-0.2, 0) is 0 Å². The average molecular weight is 410 g/mol. The van der Waals surface area contributed by atoms with Gasteiger partial charge in [-0.05, 0) is 56.3 Å². The second-order valence-corrected chi connectivity index (χ2v) is 6.91. The van der Waals surface area contributed by atoms with E-state index >= 15 is 0 Å². The van der Waals surface area contributed by atoms with Gasteiger partial charge in [-0.15, -0.1) is 0 Å². The number of nitrogens with zero attached hydrogens (tertiary/aromatic N) is 3. The van der Waals surface area contributed by atoms with Crippen LogP contribution < -0.4 is 10.2 Å². The predicted molar refractivity (Wildman–Crippen MR) is 122 cm³/mol. The van der Waals surface area contributed by atoms with Crippen LogP contribution in [0.4, 0.5) is 0 Å². The maximum absolute atomic E-state index is 13.0. The zero-order valence-electron chi connectivity index (χ0n) is 17.4. The summed E-state index contributed by atoms with van der Waals surface area (Å²) in [6.45, 7) is 4.38. The Labute approximate surface area is 180 Å². The van der Waals surface area contributed by atoms with E-state index in [1.807, 2.05) is 74.5 Å². The quantitative estimate of drug-likeness (QED) is 0.364. The Morgan fingerprint density at radius 3 is 2.61 bits per heavy atom. The average Bonchev–Trinajstić information content (AvgIpc) is 2.83. The molecule has 154 valence electrons. The summed E-state index contributed by atoms with van der Waals surface area (Å²) in [4.78, 5) is 21.9. The number of hydrogen-bond donors (Lipinski definition) is 1. The molecule has 4 aromatic rings. The molecule has 0 aliphatic rings. The first kappa shape index (κ1) is 20.2. The van der Waals surface area contributed by atoms with Crippen LogP contribution in [0.3, 0.4) is 0 Å². The monoisotopic (exact) mass is 410 g/mol. The number of pyridine rings is 2. The molecule has 31 heavy (non-hydrogen) atoms. The van der Waals surface area contributed by atoms with Crippen molar-refractivity contribution in [2.45, 2.75) is 13.8 Å². The van der Waals surface area contributed by atoms with Crippen LogP contribution in [0.1, 0.15) is 29.8 Å². The Bertz CT molecular complexity index is 1240. The number of aromatic nitrogens is 2. The van der Waals surface area contributed by atoms with Gasteiger partial charge in [0.05, 0.1) is 29.1 Å². The molecule has 6 nitrogen and oxygen atoms in total. The summed E-state index contributed by atoms with van der Waals surface area (Å²) >= 11 is 0. The minimum Gasteiger partial charge on any atom is -0.494 e. The van der Waals surface area contributed by atoms with Gasteiger partial charge in [-0.2, -0.15) is 5.10 Å². The summed E-state index contributed by atoms with van der Waals surface area (Å²) < 4.78 is 5.52. The van der Waals surface area contributed by atoms with Gasteiger partial charge in [-0.3, -0.25) is 9.78 Å². The number of hydrogen-bond acceptors (Lipinski definition) is 5. The van der Waals surface area contributed by atoms with Gasteiger partial charge in [0.25, 0.3) is 5.91 Å². The highest BCUT2D eigenvalue weighted by molar-refractivity contribution is 6.08. The minimum atomic E-state index is -0.297. The topological polar surface area (TPSA) is 76.5 Å². The first-order chi connectivity index (χ1) is 15.2. The third-order valence-electron chi connectivity index (χ3n) is 4.83. The van der Waals surface area contributed by atoms with E-state index in [2.05, 4.69) is 15.5 Å². The van der Waals surface area contributed by atoms with Crippen molar-refractivity contribution in [3.05, 3.63) is 90.3 Å². The van der Waals surface area contributed by atoms with Gasteiger partial charge < -0.3 is 4.74 Å². The zero-order chi connectivity index (χ0) is 21.6. The molecule has 0 fully saturated rings. The van der Waals surface area contributed by atoms with E-state index in [0.717, 1.165) is 27.8 Å². The first-order valence-corrected chi connectivity index (χ1v) is 10.0. The van der Waals surface area contributed by atoms with Gasteiger partial charge in [-0.1, -0.05) is 24.3 Å². The molecule has 0 atom stereocenters. The van der Waals surface area contributed by atoms with Crippen molar-refractivity contribution in [2.24, 2.45) is 5.10 Å². The molecule has 0 aliphatic carbocycles. The second-order valence-electron chi connectivity index (χ2n) is 6.91. The lowest BCUT2D eigenvalue weighted by Gasteiger charge is -2.10. The number of fused-ring (bicyclic) bond motifs is 1. The fourth-order valence-corrected chi connectivity index (χ4v) is 3.24. The molecule has 6 heteroatoms. The molecular formula is C25H22N4O2. The molecule has 1 amide bonds. The van der Waals surface area contributed by atoms with Crippen LogP contribution in [-0.4, -0.2) is 28.2 Å². The SMILES string of the molecule is CCOc1ccc(-c2cc(C(=O)N/N=C(/C)c3cccnc3)c3ccccc3n2)cc1. The lowest BCUT2D eigenvalue weighted by atomic mass is 10.0. The summed E-state index contributed by atoms with van der Waals surface area (Å²) in [5.41, 5.74) is 7.05. The van der Waals surface area contributed by atoms with E-state index in [0.29, 0.717) is 23.6 Å². The highest BCUT2D eigenvalue weighted by Gasteiger charge is 2.14. The number of para-hydroxylation sites is 1. The lowest BCUT2D eigenvalue weighted by molar-refractivity contribution is 0.0956. The molecular weight excluding hydrogens is 388 g/mol. The molecule has 0 saturated carbocycles. The largest absolute Gasteiger partial charge is 0.494 e. The number of rotatable bonds is 6. The molecule has 0 radical (unpaired) electrons. The predicted octanol–water partition coefficient (Wildman–Crippen LogP) is 4.85. The third kappa shape index (κ3) is 4.59. The van der Waals surface area contributed by atoms with E-state index in [1.165, 1.54) is 0 Å². The molecule has 0 aliphatic heterocycles. The maximum atomic E-state index is 13.0. The highest BCUT2D eigenvalue weighted by atomic mass is 16.5. The fraction of sp³-hybridized carbons (Fsp3) is 0.120. The van der Waals surface area contributed by atoms with Gasteiger partial charge in [0.1, 0.15) is 5.75 Å². The Kier molecular flexibility index (Phi) is 5.98. The number of amides is 1. The summed E-state index contributed by atoms with van der Waals surface area (Å²) in [5, 5.41) is 5.02. The maximum Gasteiger partial charge on any atom is 0.272 e. The Balaban J connectivity index is 1.68. The molecule has 4 rings (SSSR count). The van der Waals surface area contributed by atoms with E-state index in [-0.39, 0.29) is 5.91 Å². The number of carbonyl (C=O) groups is 1. The molecule has 2 heterocycles. The number of carbonyl (C=O) groups excluding carboxylic acids is 1. The Morgan fingerprint density at radius 2 is 1.87 bits per heavy atom. The zero-order valence-corrected chi connectivity index (χ0v) is 17.4. The number of benzene rings is 2. The van der Waals surface area contributed by atoms with E-state index in [9.17, 15) is 4.79 Å². The van der Waals surface area contributed by atoms with Crippen LogP contribution in [0, 0.1) is 0 Å². The van der Waals surface area contributed by atoms with Crippen molar-refractivity contribution in [3.8, 4) is 17.0 Å². The standard InChI is InChI=1S/C25H22N4O2/c1-3-31-20-12-10-18(11-13-20)24-15-22(21-8-4-5-9-23(21)27-24)25(30)29-28-17(2)19-7-6-14-26-16-19/h4-16H,3H2,1-2H3,(H,29,30)/b28-17-. The highest BCUT2D eigenvalue weighted by Crippen LogP contribution is 2.26. The smallest absolute Gasteiger partial charge is 0.272 e. The summed E-state index contributed by atoms with van der Waals surface area (Å²) in [5.74, 6) is 0.499. The molecule has 0 bridgehead atoms. The lowest BCUT2D eigenvalue weighted by Crippen LogP contribution is -2.20. The van der Waals surface area contributed by atoms with Crippen molar-refractivity contribution in [3.63, 3.8) is 0 Å². The molecule has 0 spiro atoms. The first-order valence-electron chi connectivity index (χ1n) is 10.0. The third-order valence-corrected chi connectivity index (χ3v) is 4.83. The molecule has 0 saturated heterocycles. The molecule has 2 aromatic heterocycles. The summed E-state index contributed by atoms with van der Waals surface area (Å²) in [6, 6.07) is 20.8. The van der Waals surface area contributed by atoms with Gasteiger partial charge in [0.15, 0.2) is 0 Å². The Hall–Kier alpha value is -4.06. The number of nitrogens with one attached hydrogen (secondary N) is 1. The minimum absolute atomic E-state index is 0.297. The van der Waals surface area contributed by atoms with E-state index in [1.54, 1.807) is 18.5 Å². The van der Waals surface area contributed by atoms with Crippen molar-refractivity contribution in [2.75, 3.05) is 6.61 Å². The van der Waals surface area contributed by atoms with Crippen LogP contribution in [0.25, 0.3) is 22.2 Å². The van der Waals surface area contributed by atoms with Crippen LogP contribution in [0.15, 0.2) is 84.2 Å². The number of hydrazone groups is 1. The van der Waals surface area contributed by atoms with Gasteiger partial charge >= 0.3 is 0 Å².